The topological polar surface area (TPSA) is 41.8 Å². The van der Waals surface area contributed by atoms with Gasteiger partial charge in [-0.05, 0) is 23.8 Å². The highest BCUT2D eigenvalue weighted by molar-refractivity contribution is 6.32. The summed E-state index contributed by atoms with van der Waals surface area (Å²) >= 11 is 5.97. The van der Waals surface area contributed by atoms with Gasteiger partial charge in [-0.1, -0.05) is 11.6 Å². The molecular weight excluding hydrogens is 172 g/mol. The normalized spacial score (nSPS) is 10.8. The molecule has 2 rings (SSSR count). The van der Waals surface area contributed by atoms with Crippen LogP contribution in [0.25, 0.3) is 10.9 Å². The predicted octanol–water partition coefficient (Wildman–Crippen LogP) is 2.28. The van der Waals surface area contributed by atoms with Gasteiger partial charge >= 0.3 is 0 Å². The molecule has 3 N–H and O–H groups in total. The van der Waals surface area contributed by atoms with Gasteiger partial charge in [0.1, 0.15) is 0 Å². The predicted molar refractivity (Wildman–Crippen MR) is 51.2 cm³/mol. The molecule has 0 aliphatic rings. The number of aromatic nitrogens is 1. The lowest BCUT2D eigenvalue weighted by Gasteiger charge is -2.00. The average molecular weight is 181 g/mol. The van der Waals surface area contributed by atoms with E-state index in [-0.39, 0.29) is 0 Å². The van der Waals surface area contributed by atoms with Gasteiger partial charge < -0.3 is 10.7 Å². The van der Waals surface area contributed by atoms with Crippen molar-refractivity contribution in [1.29, 1.82) is 0 Å². The van der Waals surface area contributed by atoms with Gasteiger partial charge in [0, 0.05) is 28.7 Å². The smallest absolute Gasteiger partial charge is 0.0458 e. The summed E-state index contributed by atoms with van der Waals surface area (Å²) < 4.78 is 0. The number of rotatable bonds is 1. The first-order valence-corrected chi connectivity index (χ1v) is 4.14. The van der Waals surface area contributed by atoms with Gasteiger partial charge in [-0.2, -0.15) is 0 Å². The summed E-state index contributed by atoms with van der Waals surface area (Å²) in [4.78, 5) is 3.11. The maximum Gasteiger partial charge on any atom is 0.0458 e. The Labute approximate surface area is 75.3 Å². The Hall–Kier alpha value is -0.990. The highest BCUT2D eigenvalue weighted by Gasteiger charge is 2.01. The van der Waals surface area contributed by atoms with E-state index in [1.165, 1.54) is 0 Å². The number of H-pyrrole nitrogens is 1. The molecule has 0 fully saturated rings. The van der Waals surface area contributed by atoms with Crippen LogP contribution in [-0.4, -0.2) is 4.98 Å². The SMILES string of the molecule is NCc1cc2[nH]ccc2cc1Cl. The van der Waals surface area contributed by atoms with E-state index in [0.29, 0.717) is 6.54 Å². The number of halogens is 1. The first kappa shape index (κ1) is 7.65. The van der Waals surface area contributed by atoms with E-state index in [1.54, 1.807) is 0 Å². The molecule has 0 saturated carbocycles. The first-order valence-electron chi connectivity index (χ1n) is 3.77. The monoisotopic (exact) mass is 180 g/mol. The van der Waals surface area contributed by atoms with Gasteiger partial charge in [0.15, 0.2) is 0 Å². The van der Waals surface area contributed by atoms with Crippen LogP contribution in [0.2, 0.25) is 5.02 Å². The Morgan fingerprint density at radius 2 is 2.25 bits per heavy atom. The summed E-state index contributed by atoms with van der Waals surface area (Å²) in [5, 5.41) is 1.86. The second-order valence-electron chi connectivity index (χ2n) is 2.71. The van der Waals surface area contributed by atoms with Gasteiger partial charge in [-0.3, -0.25) is 0 Å². The summed E-state index contributed by atoms with van der Waals surface area (Å²) in [7, 11) is 0. The average Bonchev–Trinajstić information content (AvgIpc) is 2.49. The second kappa shape index (κ2) is 2.81. The molecule has 2 aromatic rings. The largest absolute Gasteiger partial charge is 0.361 e. The van der Waals surface area contributed by atoms with Crippen LogP contribution in [0.1, 0.15) is 5.56 Å². The Bertz CT molecular complexity index is 406. The van der Waals surface area contributed by atoms with Crippen molar-refractivity contribution in [2.75, 3.05) is 0 Å². The molecular formula is C9H9ClN2. The summed E-state index contributed by atoms with van der Waals surface area (Å²) in [5.74, 6) is 0. The van der Waals surface area contributed by atoms with E-state index in [9.17, 15) is 0 Å². The van der Waals surface area contributed by atoms with Crippen molar-refractivity contribution in [1.82, 2.24) is 4.98 Å². The van der Waals surface area contributed by atoms with Gasteiger partial charge in [-0.15, -0.1) is 0 Å². The molecule has 0 saturated heterocycles. The second-order valence-corrected chi connectivity index (χ2v) is 3.12. The molecule has 62 valence electrons. The molecule has 0 aliphatic heterocycles. The quantitative estimate of drug-likeness (QED) is 0.695. The van der Waals surface area contributed by atoms with Crippen LogP contribution in [0, 0.1) is 0 Å². The maximum atomic E-state index is 5.97. The molecule has 0 aliphatic carbocycles. The molecule has 2 nitrogen and oxygen atoms in total. The van der Waals surface area contributed by atoms with Crippen molar-refractivity contribution < 1.29 is 0 Å². The van der Waals surface area contributed by atoms with E-state index >= 15 is 0 Å². The van der Waals surface area contributed by atoms with Crippen molar-refractivity contribution in [3.05, 3.63) is 35.0 Å². The van der Waals surface area contributed by atoms with Crippen LogP contribution in [0.3, 0.4) is 0 Å². The van der Waals surface area contributed by atoms with Crippen molar-refractivity contribution in [3.63, 3.8) is 0 Å². The molecule has 1 aromatic carbocycles. The van der Waals surface area contributed by atoms with Crippen molar-refractivity contribution >= 4 is 22.5 Å². The summed E-state index contributed by atoms with van der Waals surface area (Å²) in [6.45, 7) is 0.480. The fourth-order valence-electron chi connectivity index (χ4n) is 1.27. The molecule has 1 heterocycles. The van der Waals surface area contributed by atoms with Crippen molar-refractivity contribution in [2.45, 2.75) is 6.54 Å². The van der Waals surface area contributed by atoms with Crippen LogP contribution >= 0.6 is 11.6 Å². The zero-order valence-electron chi connectivity index (χ0n) is 6.47. The van der Waals surface area contributed by atoms with E-state index in [0.717, 1.165) is 21.5 Å². The standard InChI is InChI=1S/C9H9ClN2/c10-8-3-6-1-2-12-9(6)4-7(8)5-11/h1-4,12H,5,11H2. The van der Waals surface area contributed by atoms with Crippen LogP contribution in [-0.2, 0) is 6.54 Å². The number of nitrogens with two attached hydrogens (primary N) is 1. The highest BCUT2D eigenvalue weighted by Crippen LogP contribution is 2.22. The maximum absolute atomic E-state index is 5.97. The highest BCUT2D eigenvalue weighted by atomic mass is 35.5. The van der Waals surface area contributed by atoms with Gasteiger partial charge in [-0.25, -0.2) is 0 Å². The lowest BCUT2D eigenvalue weighted by atomic mass is 10.1. The minimum atomic E-state index is 0.480. The number of fused-ring (bicyclic) bond motifs is 1. The van der Waals surface area contributed by atoms with Gasteiger partial charge in [0.05, 0.1) is 0 Å². The van der Waals surface area contributed by atoms with Gasteiger partial charge in [0.2, 0.25) is 0 Å². The number of nitrogens with one attached hydrogen (secondary N) is 1. The molecule has 3 heteroatoms. The van der Waals surface area contributed by atoms with Gasteiger partial charge in [0.25, 0.3) is 0 Å². The summed E-state index contributed by atoms with van der Waals surface area (Å²) in [6.07, 6.45) is 1.89. The van der Waals surface area contributed by atoms with E-state index in [1.807, 2.05) is 24.4 Å². The van der Waals surface area contributed by atoms with Crippen molar-refractivity contribution in [2.24, 2.45) is 5.73 Å². The third kappa shape index (κ3) is 1.09. The zero-order chi connectivity index (χ0) is 8.55. The molecule has 0 atom stereocenters. The molecule has 0 amide bonds. The van der Waals surface area contributed by atoms with Crippen molar-refractivity contribution in [3.8, 4) is 0 Å². The first-order chi connectivity index (χ1) is 5.81. The Morgan fingerprint density at radius 1 is 1.42 bits per heavy atom. The lowest BCUT2D eigenvalue weighted by molar-refractivity contribution is 1.07. The fourth-order valence-corrected chi connectivity index (χ4v) is 1.52. The molecule has 0 radical (unpaired) electrons. The number of benzene rings is 1. The van der Waals surface area contributed by atoms with Crippen LogP contribution in [0.15, 0.2) is 24.4 Å². The summed E-state index contributed by atoms with van der Waals surface area (Å²) in [5.41, 5.74) is 7.57. The van der Waals surface area contributed by atoms with Crippen LogP contribution in [0.5, 0.6) is 0 Å². The molecule has 1 aromatic heterocycles. The minimum absolute atomic E-state index is 0.480. The van der Waals surface area contributed by atoms with E-state index in [2.05, 4.69) is 4.98 Å². The zero-order valence-corrected chi connectivity index (χ0v) is 7.23. The van der Waals surface area contributed by atoms with Crippen LogP contribution in [0.4, 0.5) is 0 Å². The number of hydrogen-bond donors (Lipinski definition) is 2. The Balaban J connectivity index is 2.73. The summed E-state index contributed by atoms with van der Waals surface area (Å²) in [6, 6.07) is 5.90. The number of hydrogen-bond acceptors (Lipinski definition) is 1. The third-order valence-corrected chi connectivity index (χ3v) is 2.29. The van der Waals surface area contributed by atoms with E-state index < -0.39 is 0 Å². The Morgan fingerprint density at radius 3 is 3.00 bits per heavy atom. The molecule has 0 spiro atoms. The molecule has 0 bridgehead atoms. The third-order valence-electron chi connectivity index (χ3n) is 1.94. The minimum Gasteiger partial charge on any atom is -0.361 e. The fraction of sp³-hybridized carbons (Fsp3) is 0.111. The Kier molecular flexibility index (Phi) is 1.79. The number of aromatic amines is 1. The molecule has 12 heavy (non-hydrogen) atoms. The lowest BCUT2D eigenvalue weighted by Crippen LogP contribution is -1.96. The van der Waals surface area contributed by atoms with E-state index in [4.69, 9.17) is 17.3 Å². The molecule has 0 unspecified atom stereocenters. The van der Waals surface area contributed by atoms with Crippen LogP contribution < -0.4 is 5.73 Å².